The summed E-state index contributed by atoms with van der Waals surface area (Å²) in [7, 11) is 0. The second kappa shape index (κ2) is 7.45. The molecule has 0 saturated heterocycles. The van der Waals surface area contributed by atoms with Crippen LogP contribution in [0.2, 0.25) is 0 Å². The first kappa shape index (κ1) is 15.8. The van der Waals surface area contributed by atoms with Crippen molar-refractivity contribution in [3.63, 3.8) is 0 Å². The Kier molecular flexibility index (Phi) is 5.12. The van der Waals surface area contributed by atoms with Crippen LogP contribution in [0.25, 0.3) is 0 Å². The number of benzene rings is 2. The number of rotatable bonds is 5. The van der Waals surface area contributed by atoms with Crippen molar-refractivity contribution in [1.82, 2.24) is 0 Å². The van der Waals surface area contributed by atoms with Crippen molar-refractivity contribution in [3.05, 3.63) is 65.7 Å². The van der Waals surface area contributed by atoms with E-state index < -0.39 is 0 Å². The first-order chi connectivity index (χ1) is 11.2. The number of anilines is 1. The normalized spacial score (nSPS) is 14.8. The predicted octanol–water partition coefficient (Wildman–Crippen LogP) is 5.11. The van der Waals surface area contributed by atoms with Crippen LogP contribution >= 0.6 is 0 Å². The molecule has 1 saturated carbocycles. The highest BCUT2D eigenvalue weighted by Gasteiger charge is 2.23. The molecule has 0 atom stereocenters. The van der Waals surface area contributed by atoms with Crippen LogP contribution in [0.4, 0.5) is 5.69 Å². The highest BCUT2D eigenvalue weighted by atomic mass is 16.2. The van der Waals surface area contributed by atoms with Gasteiger partial charge in [-0.1, -0.05) is 60.9 Å². The fourth-order valence-corrected chi connectivity index (χ4v) is 3.50. The fourth-order valence-electron chi connectivity index (χ4n) is 3.50. The molecule has 1 aliphatic rings. The zero-order valence-corrected chi connectivity index (χ0v) is 13.9. The smallest absolute Gasteiger partial charge is 0.227 e. The van der Waals surface area contributed by atoms with Crippen molar-refractivity contribution in [3.8, 4) is 0 Å². The summed E-state index contributed by atoms with van der Waals surface area (Å²) in [5.41, 5.74) is 3.42. The number of para-hydroxylation sites is 1. The first-order valence-corrected chi connectivity index (χ1v) is 8.63. The van der Waals surface area contributed by atoms with Gasteiger partial charge >= 0.3 is 0 Å². The summed E-state index contributed by atoms with van der Waals surface area (Å²) in [6.07, 6.45) is 5.65. The SMILES string of the molecule is Cc1cccc(CN(C(=O)CC2CCCC2)c2ccccc2)c1. The lowest BCUT2D eigenvalue weighted by atomic mass is 10.0. The summed E-state index contributed by atoms with van der Waals surface area (Å²) in [6.45, 7) is 2.74. The number of hydrogen-bond donors (Lipinski definition) is 0. The van der Waals surface area contributed by atoms with Crippen LogP contribution in [0.1, 0.15) is 43.2 Å². The van der Waals surface area contributed by atoms with E-state index in [4.69, 9.17) is 0 Å². The molecule has 1 fully saturated rings. The third-order valence-electron chi connectivity index (χ3n) is 4.73. The van der Waals surface area contributed by atoms with E-state index in [1.165, 1.54) is 36.8 Å². The monoisotopic (exact) mass is 307 g/mol. The van der Waals surface area contributed by atoms with Crippen LogP contribution in [-0.2, 0) is 11.3 Å². The topological polar surface area (TPSA) is 20.3 Å². The van der Waals surface area contributed by atoms with Gasteiger partial charge in [-0.05, 0) is 43.4 Å². The maximum atomic E-state index is 12.9. The average molecular weight is 307 g/mol. The van der Waals surface area contributed by atoms with Gasteiger partial charge in [0.1, 0.15) is 0 Å². The third-order valence-corrected chi connectivity index (χ3v) is 4.73. The van der Waals surface area contributed by atoms with Gasteiger partial charge in [0.2, 0.25) is 5.91 Å². The van der Waals surface area contributed by atoms with Crippen LogP contribution in [0.3, 0.4) is 0 Å². The molecule has 1 aliphatic carbocycles. The van der Waals surface area contributed by atoms with Gasteiger partial charge in [0.05, 0.1) is 6.54 Å². The molecule has 120 valence electrons. The number of aryl methyl sites for hydroxylation is 1. The summed E-state index contributed by atoms with van der Waals surface area (Å²) < 4.78 is 0. The maximum absolute atomic E-state index is 12.9. The minimum Gasteiger partial charge on any atom is -0.308 e. The Bertz CT molecular complexity index is 644. The molecule has 1 amide bonds. The molecule has 23 heavy (non-hydrogen) atoms. The van der Waals surface area contributed by atoms with E-state index in [0.717, 1.165) is 5.69 Å². The minimum atomic E-state index is 0.254. The van der Waals surface area contributed by atoms with Gasteiger partial charge in [0.15, 0.2) is 0 Å². The Morgan fingerprint density at radius 2 is 1.78 bits per heavy atom. The molecule has 0 unspecified atom stereocenters. The highest BCUT2D eigenvalue weighted by Crippen LogP contribution is 2.29. The first-order valence-electron chi connectivity index (χ1n) is 8.63. The largest absolute Gasteiger partial charge is 0.308 e. The van der Waals surface area contributed by atoms with E-state index in [-0.39, 0.29) is 5.91 Å². The standard InChI is InChI=1S/C21H25NO/c1-17-8-7-11-19(14-17)16-22(20-12-3-2-4-13-20)21(23)15-18-9-5-6-10-18/h2-4,7-8,11-14,18H,5-6,9-10,15-16H2,1H3. The predicted molar refractivity (Wildman–Crippen MR) is 95.4 cm³/mol. The number of hydrogen-bond acceptors (Lipinski definition) is 1. The molecule has 2 heteroatoms. The van der Waals surface area contributed by atoms with Gasteiger partial charge in [-0.2, -0.15) is 0 Å². The second-order valence-electron chi connectivity index (χ2n) is 6.66. The highest BCUT2D eigenvalue weighted by molar-refractivity contribution is 5.93. The molecular weight excluding hydrogens is 282 g/mol. The summed E-state index contributed by atoms with van der Waals surface area (Å²) in [4.78, 5) is 14.9. The van der Waals surface area contributed by atoms with Gasteiger partial charge in [0, 0.05) is 12.1 Å². The Labute approximate surface area is 139 Å². The molecule has 0 heterocycles. The number of carbonyl (C=O) groups excluding carboxylic acids is 1. The Morgan fingerprint density at radius 3 is 2.48 bits per heavy atom. The molecule has 3 rings (SSSR count). The van der Waals surface area contributed by atoms with Gasteiger partial charge in [0.25, 0.3) is 0 Å². The fraction of sp³-hybridized carbons (Fsp3) is 0.381. The summed E-state index contributed by atoms with van der Waals surface area (Å²) in [5, 5.41) is 0. The summed E-state index contributed by atoms with van der Waals surface area (Å²) >= 11 is 0. The van der Waals surface area contributed by atoms with Crippen molar-refractivity contribution in [2.45, 2.75) is 45.6 Å². The molecule has 0 aromatic heterocycles. The van der Waals surface area contributed by atoms with E-state index in [2.05, 4.69) is 31.2 Å². The number of nitrogens with zero attached hydrogens (tertiary/aromatic N) is 1. The number of carbonyl (C=O) groups is 1. The molecule has 2 nitrogen and oxygen atoms in total. The van der Waals surface area contributed by atoms with Crippen molar-refractivity contribution >= 4 is 11.6 Å². The molecule has 0 N–H and O–H groups in total. The van der Waals surface area contributed by atoms with Crippen molar-refractivity contribution in [2.75, 3.05) is 4.90 Å². The molecule has 2 aromatic carbocycles. The van der Waals surface area contributed by atoms with E-state index in [9.17, 15) is 4.79 Å². The van der Waals surface area contributed by atoms with Gasteiger partial charge in [-0.3, -0.25) is 4.79 Å². The van der Waals surface area contributed by atoms with E-state index in [1.54, 1.807) is 0 Å². The maximum Gasteiger partial charge on any atom is 0.227 e. The van der Waals surface area contributed by atoms with Gasteiger partial charge in [-0.25, -0.2) is 0 Å². The molecule has 0 spiro atoms. The quantitative estimate of drug-likeness (QED) is 0.751. The second-order valence-corrected chi connectivity index (χ2v) is 6.66. The van der Waals surface area contributed by atoms with Crippen LogP contribution in [-0.4, -0.2) is 5.91 Å². The van der Waals surface area contributed by atoms with Gasteiger partial charge < -0.3 is 4.90 Å². The molecular formula is C21H25NO. The Balaban J connectivity index is 1.79. The molecule has 0 aliphatic heterocycles. The van der Waals surface area contributed by atoms with Gasteiger partial charge in [-0.15, -0.1) is 0 Å². The van der Waals surface area contributed by atoms with Crippen LogP contribution in [0, 0.1) is 12.8 Å². The zero-order chi connectivity index (χ0) is 16.1. The zero-order valence-electron chi connectivity index (χ0n) is 13.9. The molecule has 0 radical (unpaired) electrons. The van der Waals surface area contributed by atoms with E-state index >= 15 is 0 Å². The Morgan fingerprint density at radius 1 is 1.04 bits per heavy atom. The molecule has 0 bridgehead atoms. The lowest BCUT2D eigenvalue weighted by Crippen LogP contribution is -2.31. The van der Waals surface area contributed by atoms with Crippen LogP contribution < -0.4 is 4.90 Å². The van der Waals surface area contributed by atoms with Crippen molar-refractivity contribution in [1.29, 1.82) is 0 Å². The lowest BCUT2D eigenvalue weighted by Gasteiger charge is -2.24. The summed E-state index contributed by atoms with van der Waals surface area (Å²) in [6, 6.07) is 18.5. The van der Waals surface area contributed by atoms with Crippen LogP contribution in [0.15, 0.2) is 54.6 Å². The van der Waals surface area contributed by atoms with E-state index in [0.29, 0.717) is 18.9 Å². The van der Waals surface area contributed by atoms with E-state index in [1.807, 2.05) is 35.2 Å². The average Bonchev–Trinajstić information content (AvgIpc) is 3.06. The number of amides is 1. The van der Waals surface area contributed by atoms with Crippen molar-refractivity contribution < 1.29 is 4.79 Å². The molecule has 2 aromatic rings. The Hall–Kier alpha value is -2.09. The third kappa shape index (κ3) is 4.22. The summed E-state index contributed by atoms with van der Waals surface area (Å²) in [5.74, 6) is 0.829. The lowest BCUT2D eigenvalue weighted by molar-refractivity contribution is -0.119. The minimum absolute atomic E-state index is 0.254. The van der Waals surface area contributed by atoms with Crippen LogP contribution in [0.5, 0.6) is 0 Å². The van der Waals surface area contributed by atoms with Crippen molar-refractivity contribution in [2.24, 2.45) is 5.92 Å².